The van der Waals surface area contributed by atoms with Gasteiger partial charge in [0.05, 0.1) is 0 Å². The Bertz CT molecular complexity index is 60.8. The van der Waals surface area contributed by atoms with Gasteiger partial charge in [0.1, 0.15) is 0 Å². The van der Waals surface area contributed by atoms with Crippen LogP contribution in [0.5, 0.6) is 0 Å². The highest BCUT2D eigenvalue weighted by atomic mass is 28.3. The topological polar surface area (TPSA) is 0 Å². The molecule has 0 bridgehead atoms. The fourth-order valence-electron chi connectivity index (χ4n) is 1.35. The van der Waals surface area contributed by atoms with E-state index in [1.54, 1.807) is 6.04 Å². The summed E-state index contributed by atoms with van der Waals surface area (Å²) in [7, 11) is 0.129. The number of rotatable bonds is 0. The molecule has 0 aromatic heterocycles. The molecular weight excluding hydrogens is 112 g/mol. The van der Waals surface area contributed by atoms with Crippen molar-refractivity contribution in [3.8, 4) is 0 Å². The molecule has 1 saturated heterocycles. The summed E-state index contributed by atoms with van der Waals surface area (Å²) in [5.41, 5.74) is 1.11. The van der Waals surface area contributed by atoms with Gasteiger partial charge in [-0.05, 0) is 0 Å². The van der Waals surface area contributed by atoms with E-state index >= 15 is 0 Å². The summed E-state index contributed by atoms with van der Waals surface area (Å²) in [5.74, 6) is 0. The summed E-state index contributed by atoms with van der Waals surface area (Å²) in [6.07, 6.45) is 4.54. The average molecular weight is 127 g/mol. The summed E-state index contributed by atoms with van der Waals surface area (Å²) in [5, 5.41) is 0. The van der Waals surface area contributed by atoms with E-state index < -0.39 is 0 Å². The molecule has 1 atom stereocenters. The van der Waals surface area contributed by atoms with Gasteiger partial charge in [-0.2, -0.15) is 0 Å². The van der Waals surface area contributed by atoms with E-state index in [9.17, 15) is 0 Å². The van der Waals surface area contributed by atoms with E-state index in [2.05, 4.69) is 13.5 Å². The van der Waals surface area contributed by atoms with Crippen molar-refractivity contribution in [1.82, 2.24) is 0 Å². The predicted molar refractivity (Wildman–Crippen MR) is 39.7 cm³/mol. The van der Waals surface area contributed by atoms with Gasteiger partial charge in [-0.1, -0.05) is 44.3 Å². The van der Waals surface area contributed by atoms with Crippen molar-refractivity contribution in [2.75, 3.05) is 0 Å². The Balaban J connectivity index is 2.28. The van der Waals surface area contributed by atoms with Crippen LogP contribution in [0.25, 0.3) is 0 Å². The first-order valence-electron chi connectivity index (χ1n) is 3.63. The monoisotopic (exact) mass is 127 g/mol. The summed E-state index contributed by atoms with van der Waals surface area (Å²) in [6.45, 7) is 4.90. The van der Waals surface area contributed by atoms with Crippen LogP contribution >= 0.6 is 0 Å². The SMILES string of the molecule is C[C@H]1CCCC[Si]1C. The van der Waals surface area contributed by atoms with Crippen LogP contribution in [-0.2, 0) is 0 Å². The Morgan fingerprint density at radius 3 is 2.50 bits per heavy atom. The molecule has 0 aliphatic carbocycles. The van der Waals surface area contributed by atoms with Crippen molar-refractivity contribution in [3.05, 3.63) is 0 Å². The summed E-state index contributed by atoms with van der Waals surface area (Å²) in [6, 6.07) is 1.58. The van der Waals surface area contributed by atoms with Crippen LogP contribution in [0.4, 0.5) is 0 Å². The lowest BCUT2D eigenvalue weighted by Crippen LogP contribution is -2.17. The molecule has 1 aliphatic heterocycles. The van der Waals surface area contributed by atoms with Crippen molar-refractivity contribution in [2.45, 2.75) is 44.3 Å². The third-order valence-electron chi connectivity index (χ3n) is 2.30. The Morgan fingerprint density at radius 2 is 2.12 bits per heavy atom. The molecule has 0 N–H and O–H groups in total. The highest BCUT2D eigenvalue weighted by Crippen LogP contribution is 2.27. The molecule has 1 radical (unpaired) electrons. The zero-order valence-corrected chi connectivity index (χ0v) is 6.91. The largest absolute Gasteiger partial charge is 0.0709 e. The molecule has 47 valence electrons. The molecule has 0 amide bonds. The van der Waals surface area contributed by atoms with E-state index in [-0.39, 0.29) is 8.80 Å². The van der Waals surface area contributed by atoms with Gasteiger partial charge in [0, 0.05) is 8.80 Å². The Morgan fingerprint density at radius 1 is 1.38 bits per heavy atom. The maximum absolute atomic E-state index is 2.48. The molecular formula is C7H15Si. The smallest absolute Gasteiger partial charge is 0.0476 e. The van der Waals surface area contributed by atoms with Crippen molar-refractivity contribution in [3.63, 3.8) is 0 Å². The van der Waals surface area contributed by atoms with Crippen LogP contribution < -0.4 is 0 Å². The molecule has 1 heterocycles. The van der Waals surface area contributed by atoms with E-state index in [1.165, 1.54) is 19.3 Å². The van der Waals surface area contributed by atoms with E-state index in [4.69, 9.17) is 0 Å². The molecule has 1 rings (SSSR count). The van der Waals surface area contributed by atoms with Crippen molar-refractivity contribution < 1.29 is 0 Å². The second kappa shape index (κ2) is 2.67. The first-order valence-corrected chi connectivity index (χ1v) is 5.91. The normalized spacial score (nSPS) is 33.0. The molecule has 1 aliphatic rings. The zero-order chi connectivity index (χ0) is 5.98. The zero-order valence-electron chi connectivity index (χ0n) is 5.91. The average Bonchev–Trinajstić information content (AvgIpc) is 1.77. The Hall–Kier alpha value is 0.217. The molecule has 1 heteroatoms. The number of hydrogen-bond acceptors (Lipinski definition) is 0. The third-order valence-corrected chi connectivity index (χ3v) is 5.41. The lowest BCUT2D eigenvalue weighted by atomic mass is 10.2. The maximum atomic E-state index is 2.48. The second-order valence-corrected chi connectivity index (χ2v) is 6.17. The lowest BCUT2D eigenvalue weighted by molar-refractivity contribution is 0.648. The lowest BCUT2D eigenvalue weighted by Gasteiger charge is -2.22. The fourth-order valence-corrected chi connectivity index (χ4v) is 3.34. The summed E-state index contributed by atoms with van der Waals surface area (Å²) >= 11 is 0. The van der Waals surface area contributed by atoms with Crippen molar-refractivity contribution in [1.29, 1.82) is 0 Å². The second-order valence-electron chi connectivity index (χ2n) is 2.99. The fraction of sp³-hybridized carbons (Fsp3) is 1.00. The summed E-state index contributed by atoms with van der Waals surface area (Å²) < 4.78 is 0. The molecule has 0 aromatic rings. The van der Waals surface area contributed by atoms with E-state index in [0.29, 0.717) is 0 Å². The van der Waals surface area contributed by atoms with Crippen LogP contribution in [-0.4, -0.2) is 8.80 Å². The predicted octanol–water partition coefficient (Wildman–Crippen LogP) is 2.69. The highest BCUT2D eigenvalue weighted by Gasteiger charge is 2.17. The molecule has 0 aromatic carbocycles. The molecule has 0 saturated carbocycles. The van der Waals surface area contributed by atoms with Crippen LogP contribution in [0.15, 0.2) is 0 Å². The Labute approximate surface area is 53.9 Å². The van der Waals surface area contributed by atoms with Gasteiger partial charge in [-0.15, -0.1) is 0 Å². The van der Waals surface area contributed by atoms with Crippen molar-refractivity contribution >= 4 is 8.80 Å². The standard InChI is InChI=1S/C7H15Si/c1-7-5-3-4-6-8(7)2/h7H,3-6H2,1-2H3/t7-/m0/s1. The minimum Gasteiger partial charge on any atom is -0.0709 e. The molecule has 0 unspecified atom stereocenters. The quantitative estimate of drug-likeness (QED) is 0.439. The molecule has 1 fully saturated rings. The van der Waals surface area contributed by atoms with Crippen molar-refractivity contribution in [2.24, 2.45) is 0 Å². The minimum atomic E-state index is 0.129. The first kappa shape index (κ1) is 6.34. The van der Waals surface area contributed by atoms with Gasteiger partial charge < -0.3 is 0 Å². The van der Waals surface area contributed by atoms with Gasteiger partial charge in [-0.3, -0.25) is 0 Å². The van der Waals surface area contributed by atoms with Gasteiger partial charge in [-0.25, -0.2) is 0 Å². The van der Waals surface area contributed by atoms with Gasteiger partial charge in [0.15, 0.2) is 0 Å². The Kier molecular flexibility index (Phi) is 2.12. The van der Waals surface area contributed by atoms with E-state index in [0.717, 1.165) is 5.54 Å². The van der Waals surface area contributed by atoms with Gasteiger partial charge in [0.25, 0.3) is 0 Å². The van der Waals surface area contributed by atoms with Crippen LogP contribution in [0, 0.1) is 0 Å². The maximum Gasteiger partial charge on any atom is 0.0476 e. The molecule has 0 nitrogen and oxygen atoms in total. The van der Waals surface area contributed by atoms with Gasteiger partial charge in [0.2, 0.25) is 0 Å². The minimum absolute atomic E-state index is 0.129. The van der Waals surface area contributed by atoms with Crippen LogP contribution in [0.1, 0.15) is 26.2 Å². The molecule has 0 spiro atoms. The van der Waals surface area contributed by atoms with Gasteiger partial charge >= 0.3 is 0 Å². The summed E-state index contributed by atoms with van der Waals surface area (Å²) in [4.78, 5) is 0. The first-order chi connectivity index (χ1) is 3.80. The molecule has 8 heavy (non-hydrogen) atoms. The van der Waals surface area contributed by atoms with Crippen LogP contribution in [0.2, 0.25) is 18.1 Å². The highest BCUT2D eigenvalue weighted by molar-refractivity contribution is 6.59. The third kappa shape index (κ3) is 1.34. The number of hydrogen-bond donors (Lipinski definition) is 0. The van der Waals surface area contributed by atoms with E-state index in [1.807, 2.05) is 0 Å². The van der Waals surface area contributed by atoms with Crippen LogP contribution in [0.3, 0.4) is 0 Å².